The van der Waals surface area contributed by atoms with Gasteiger partial charge < -0.3 is 15.3 Å². The first-order valence-electron chi connectivity index (χ1n) is 10.4. The van der Waals surface area contributed by atoms with Crippen molar-refractivity contribution in [1.29, 1.82) is 0 Å². The second-order valence-electron chi connectivity index (χ2n) is 8.19. The normalized spacial score (nSPS) is 22.0. The zero-order chi connectivity index (χ0) is 22.0. The number of anilines is 1. The SMILES string of the molecule is C[C@@H](C(=O)Nc1ccc(OCC2CC2)nn1)N1CCC(F)(F)[C@H](c2cccc[n+]2[O-])C1. The van der Waals surface area contributed by atoms with Crippen LogP contribution < -0.4 is 14.8 Å². The third kappa shape index (κ3) is 5.07. The first kappa shape index (κ1) is 21.4. The molecule has 2 aliphatic rings. The van der Waals surface area contributed by atoms with Crippen LogP contribution >= 0.6 is 0 Å². The molecular formula is C21H25F2N5O3. The van der Waals surface area contributed by atoms with E-state index in [9.17, 15) is 18.8 Å². The number of alkyl halides is 2. The Balaban J connectivity index is 1.38. The molecular weight excluding hydrogens is 408 g/mol. The van der Waals surface area contributed by atoms with Gasteiger partial charge in [-0.25, -0.2) is 8.78 Å². The lowest BCUT2D eigenvalue weighted by molar-refractivity contribution is -0.617. The molecule has 0 aromatic carbocycles. The third-order valence-corrected chi connectivity index (χ3v) is 5.85. The minimum atomic E-state index is -3.03. The number of amides is 1. The van der Waals surface area contributed by atoms with Crippen LogP contribution in [-0.2, 0) is 4.79 Å². The van der Waals surface area contributed by atoms with Crippen molar-refractivity contribution >= 4 is 11.7 Å². The monoisotopic (exact) mass is 433 g/mol. The van der Waals surface area contributed by atoms with E-state index in [1.807, 2.05) is 0 Å². The van der Waals surface area contributed by atoms with Crippen LogP contribution in [-0.4, -0.2) is 52.7 Å². The molecule has 1 saturated heterocycles. The van der Waals surface area contributed by atoms with Crippen LogP contribution in [0.5, 0.6) is 5.88 Å². The predicted octanol–water partition coefficient (Wildman–Crippen LogP) is 2.35. The van der Waals surface area contributed by atoms with Crippen molar-refractivity contribution in [3.05, 3.63) is 47.4 Å². The van der Waals surface area contributed by atoms with E-state index in [-0.39, 0.29) is 30.5 Å². The number of hydrogen-bond acceptors (Lipinski definition) is 6. The number of ether oxygens (including phenoxy) is 1. The van der Waals surface area contributed by atoms with E-state index in [1.54, 1.807) is 30.0 Å². The lowest BCUT2D eigenvalue weighted by Gasteiger charge is -2.39. The number of rotatable bonds is 7. The van der Waals surface area contributed by atoms with Crippen molar-refractivity contribution in [2.24, 2.45) is 5.92 Å². The number of aromatic nitrogens is 3. The predicted molar refractivity (Wildman–Crippen MR) is 108 cm³/mol. The highest BCUT2D eigenvalue weighted by molar-refractivity contribution is 5.93. The van der Waals surface area contributed by atoms with E-state index in [0.717, 1.165) is 0 Å². The molecule has 1 saturated carbocycles. The van der Waals surface area contributed by atoms with Crippen LogP contribution in [0.4, 0.5) is 14.6 Å². The van der Waals surface area contributed by atoms with Crippen molar-refractivity contribution in [2.45, 2.75) is 44.1 Å². The summed E-state index contributed by atoms with van der Waals surface area (Å²) in [6.45, 7) is 2.20. The van der Waals surface area contributed by atoms with Gasteiger partial charge in [-0.05, 0) is 37.8 Å². The van der Waals surface area contributed by atoms with E-state index in [0.29, 0.717) is 23.1 Å². The Bertz CT molecular complexity index is 923. The fourth-order valence-electron chi connectivity index (χ4n) is 3.65. The number of piperidine rings is 1. The Morgan fingerprint density at radius 1 is 1.35 bits per heavy atom. The molecule has 10 heteroatoms. The van der Waals surface area contributed by atoms with Gasteiger partial charge in [0.25, 0.3) is 5.92 Å². The topological polar surface area (TPSA) is 94.3 Å². The zero-order valence-corrected chi connectivity index (χ0v) is 17.2. The van der Waals surface area contributed by atoms with Gasteiger partial charge in [-0.15, -0.1) is 10.2 Å². The molecule has 0 bridgehead atoms. The van der Waals surface area contributed by atoms with E-state index in [2.05, 4.69) is 15.5 Å². The number of pyridine rings is 1. The number of likely N-dealkylation sites (tertiary alicyclic amines) is 1. The van der Waals surface area contributed by atoms with Crippen molar-refractivity contribution in [1.82, 2.24) is 15.1 Å². The Kier molecular flexibility index (Phi) is 5.99. The Labute approximate surface area is 178 Å². The average molecular weight is 433 g/mol. The van der Waals surface area contributed by atoms with Gasteiger partial charge in [0.15, 0.2) is 12.0 Å². The maximum absolute atomic E-state index is 14.6. The van der Waals surface area contributed by atoms with Crippen molar-refractivity contribution in [3.8, 4) is 5.88 Å². The highest BCUT2D eigenvalue weighted by Gasteiger charge is 2.49. The summed E-state index contributed by atoms with van der Waals surface area (Å²) in [5.74, 6) is -3.45. The molecule has 8 nitrogen and oxygen atoms in total. The van der Waals surface area contributed by atoms with Gasteiger partial charge in [0.1, 0.15) is 5.92 Å². The lowest BCUT2D eigenvalue weighted by atomic mass is 9.89. The molecule has 0 unspecified atom stereocenters. The number of carbonyl (C=O) groups excluding carboxylic acids is 1. The Morgan fingerprint density at radius 3 is 2.84 bits per heavy atom. The smallest absolute Gasteiger partial charge is 0.263 e. The van der Waals surface area contributed by atoms with Crippen molar-refractivity contribution in [2.75, 3.05) is 25.0 Å². The third-order valence-electron chi connectivity index (χ3n) is 5.85. The zero-order valence-electron chi connectivity index (χ0n) is 17.2. The summed E-state index contributed by atoms with van der Waals surface area (Å²) >= 11 is 0. The summed E-state index contributed by atoms with van der Waals surface area (Å²) < 4.78 is 35.1. The fourth-order valence-corrected chi connectivity index (χ4v) is 3.65. The summed E-state index contributed by atoms with van der Waals surface area (Å²) in [7, 11) is 0. The molecule has 2 aromatic rings. The number of carbonyl (C=O) groups is 1. The number of nitrogens with one attached hydrogen (secondary N) is 1. The summed E-state index contributed by atoms with van der Waals surface area (Å²) in [6, 6.07) is 7.00. The van der Waals surface area contributed by atoms with Crippen molar-refractivity contribution in [3.63, 3.8) is 0 Å². The van der Waals surface area contributed by atoms with Crippen LogP contribution in [0.15, 0.2) is 36.5 Å². The molecule has 2 atom stereocenters. The minimum Gasteiger partial charge on any atom is -0.618 e. The van der Waals surface area contributed by atoms with Gasteiger partial charge in [0, 0.05) is 37.7 Å². The van der Waals surface area contributed by atoms with Gasteiger partial charge in [-0.1, -0.05) is 0 Å². The Morgan fingerprint density at radius 2 is 2.16 bits per heavy atom. The van der Waals surface area contributed by atoms with Gasteiger partial charge in [0.2, 0.25) is 17.5 Å². The molecule has 1 aliphatic carbocycles. The number of nitrogens with zero attached hydrogens (tertiary/aromatic N) is 4. The van der Waals surface area contributed by atoms with Gasteiger partial charge in [-0.2, -0.15) is 4.73 Å². The quantitative estimate of drug-likeness (QED) is 0.532. The van der Waals surface area contributed by atoms with Crippen LogP contribution in [0.1, 0.15) is 37.8 Å². The molecule has 1 N–H and O–H groups in total. The summed E-state index contributed by atoms with van der Waals surface area (Å²) in [5.41, 5.74) is -0.00235. The maximum Gasteiger partial charge on any atom is 0.263 e. The molecule has 0 radical (unpaired) electrons. The van der Waals surface area contributed by atoms with Crippen LogP contribution in [0.2, 0.25) is 0 Å². The second-order valence-corrected chi connectivity index (χ2v) is 8.19. The van der Waals surface area contributed by atoms with E-state index >= 15 is 0 Å². The first-order chi connectivity index (χ1) is 14.8. The van der Waals surface area contributed by atoms with E-state index in [1.165, 1.54) is 31.2 Å². The Hall–Kier alpha value is -2.88. The molecule has 166 valence electrons. The fraction of sp³-hybridized carbons (Fsp3) is 0.524. The summed E-state index contributed by atoms with van der Waals surface area (Å²) in [5, 5.41) is 22.6. The number of hydrogen-bond donors (Lipinski definition) is 1. The molecule has 2 fully saturated rings. The summed E-state index contributed by atoms with van der Waals surface area (Å²) in [6.07, 6.45) is 3.11. The standard InChI is InChI=1S/C21H25F2N5O3/c1-14(20(29)24-18-7-8-19(26-25-18)31-13-15-5-6-15)27-11-9-21(22,23)16(12-27)17-4-2-3-10-28(17)30/h2-4,7-8,10,14-16H,5-6,9,11-13H2,1H3,(H,24,25,29)/t14-,16-/m0/s1. The van der Waals surface area contributed by atoms with Gasteiger partial charge >= 0.3 is 0 Å². The largest absolute Gasteiger partial charge is 0.618 e. The summed E-state index contributed by atoms with van der Waals surface area (Å²) in [4.78, 5) is 14.3. The molecule has 1 aliphatic heterocycles. The molecule has 2 aromatic heterocycles. The van der Waals surface area contributed by atoms with Crippen LogP contribution in [0.25, 0.3) is 0 Å². The molecule has 4 rings (SSSR count). The maximum atomic E-state index is 14.6. The first-order valence-corrected chi connectivity index (χ1v) is 10.4. The van der Waals surface area contributed by atoms with Crippen LogP contribution in [0.3, 0.4) is 0 Å². The van der Waals surface area contributed by atoms with Crippen LogP contribution in [0, 0.1) is 11.1 Å². The molecule has 31 heavy (non-hydrogen) atoms. The highest BCUT2D eigenvalue weighted by atomic mass is 19.3. The highest BCUT2D eigenvalue weighted by Crippen LogP contribution is 2.39. The lowest BCUT2D eigenvalue weighted by Crippen LogP contribution is -2.54. The van der Waals surface area contributed by atoms with E-state index in [4.69, 9.17) is 4.74 Å². The van der Waals surface area contributed by atoms with Gasteiger partial charge in [-0.3, -0.25) is 9.69 Å². The molecule has 0 spiro atoms. The van der Waals surface area contributed by atoms with E-state index < -0.39 is 24.3 Å². The molecule has 1 amide bonds. The minimum absolute atomic E-state index is 0.00235. The van der Waals surface area contributed by atoms with Gasteiger partial charge in [0.05, 0.1) is 12.6 Å². The molecule has 3 heterocycles. The average Bonchev–Trinajstić information content (AvgIpc) is 3.58. The second kappa shape index (κ2) is 8.70. The van der Waals surface area contributed by atoms with Crippen molar-refractivity contribution < 1.29 is 23.0 Å². The number of halogens is 2.